The van der Waals surface area contributed by atoms with Crippen LogP contribution in [0.5, 0.6) is 0 Å². The van der Waals surface area contributed by atoms with Gasteiger partial charge < -0.3 is 4.57 Å². The fourth-order valence-corrected chi connectivity index (χ4v) is 10.0. The van der Waals surface area contributed by atoms with E-state index in [0.29, 0.717) is 17.6 Å². The van der Waals surface area contributed by atoms with Crippen LogP contribution in [0.4, 0.5) is 0 Å². The van der Waals surface area contributed by atoms with Crippen molar-refractivity contribution in [2.75, 3.05) is 0 Å². The second kappa shape index (κ2) is 13.7. The summed E-state index contributed by atoms with van der Waals surface area (Å²) >= 11 is 0. The average molecular weight is 792 g/mol. The molecule has 0 fully saturated rings. The van der Waals surface area contributed by atoms with Crippen molar-refractivity contribution in [1.82, 2.24) is 24.1 Å². The average Bonchev–Trinajstić information content (AvgIpc) is 3.85. The number of para-hydroxylation sites is 2. The van der Waals surface area contributed by atoms with Crippen LogP contribution in [0.3, 0.4) is 0 Å². The Balaban J connectivity index is 0.989. The van der Waals surface area contributed by atoms with Gasteiger partial charge in [0, 0.05) is 38.4 Å². The van der Waals surface area contributed by atoms with Gasteiger partial charge in [-0.2, -0.15) is 9.97 Å². The van der Waals surface area contributed by atoms with Gasteiger partial charge in [0.15, 0.2) is 11.6 Å². The lowest BCUT2D eigenvalue weighted by Gasteiger charge is -2.19. The number of nitrogens with zero attached hydrogens (tertiary/aromatic N) is 5. The molecule has 3 heterocycles. The van der Waals surface area contributed by atoms with Crippen LogP contribution in [-0.4, -0.2) is 24.1 Å². The first-order chi connectivity index (χ1) is 30.7. The summed E-state index contributed by atoms with van der Waals surface area (Å²) in [6.45, 7) is 0. The third-order valence-corrected chi connectivity index (χ3v) is 12.9. The van der Waals surface area contributed by atoms with Gasteiger partial charge >= 0.3 is 0 Å². The predicted molar refractivity (Wildman–Crippen MR) is 258 cm³/mol. The van der Waals surface area contributed by atoms with Crippen LogP contribution < -0.4 is 0 Å². The van der Waals surface area contributed by atoms with Gasteiger partial charge in [0.25, 0.3) is 0 Å². The van der Waals surface area contributed by atoms with E-state index in [2.05, 4.69) is 173 Å². The number of hydrogen-bond donors (Lipinski definition) is 0. The van der Waals surface area contributed by atoms with Gasteiger partial charge in [0.2, 0.25) is 5.95 Å². The highest BCUT2D eigenvalue weighted by molar-refractivity contribution is 6.25. The van der Waals surface area contributed by atoms with Crippen molar-refractivity contribution in [3.63, 3.8) is 0 Å². The van der Waals surface area contributed by atoms with E-state index in [9.17, 15) is 0 Å². The summed E-state index contributed by atoms with van der Waals surface area (Å²) in [4.78, 5) is 15.4. The highest BCUT2D eigenvalue weighted by atomic mass is 15.2. The van der Waals surface area contributed by atoms with E-state index in [1.807, 2.05) is 36.4 Å². The van der Waals surface area contributed by atoms with E-state index in [4.69, 9.17) is 15.0 Å². The van der Waals surface area contributed by atoms with Crippen LogP contribution >= 0.6 is 0 Å². The Bertz CT molecular complexity index is 3760. The molecule has 0 spiro atoms. The Labute approximate surface area is 357 Å². The fourth-order valence-electron chi connectivity index (χ4n) is 10.0. The molecule has 0 atom stereocenters. The van der Waals surface area contributed by atoms with Gasteiger partial charge in [-0.15, -0.1) is 0 Å². The van der Waals surface area contributed by atoms with Gasteiger partial charge in [-0.1, -0.05) is 164 Å². The fraction of sp³-hybridized carbons (Fsp3) is 0.0351. The molecule has 0 radical (unpaired) electrons. The number of fused-ring (bicyclic) bond motifs is 12. The van der Waals surface area contributed by atoms with Gasteiger partial charge in [0.05, 0.1) is 22.1 Å². The minimum Gasteiger partial charge on any atom is -0.313 e. The van der Waals surface area contributed by atoms with Crippen LogP contribution in [0.25, 0.3) is 116 Å². The SMILES string of the molecule is C1=C(c2ccc3c4ccccc4c4ccccc4c3c2)CCC(n2c3ccccc3c3cc4c(cc32)c2ccccc2n4-c2nc(-c3ccccc3)nc(-c3ccccc3)n2)=C1. The van der Waals surface area contributed by atoms with Crippen LogP contribution in [0.15, 0.2) is 200 Å². The van der Waals surface area contributed by atoms with Crippen molar-refractivity contribution >= 4 is 87.2 Å². The third kappa shape index (κ3) is 5.31. The van der Waals surface area contributed by atoms with Crippen LogP contribution in [0.1, 0.15) is 18.4 Å². The third-order valence-electron chi connectivity index (χ3n) is 12.9. The molecule has 290 valence electrons. The quantitative estimate of drug-likeness (QED) is 0.163. The topological polar surface area (TPSA) is 48.5 Å². The van der Waals surface area contributed by atoms with E-state index < -0.39 is 0 Å². The molecule has 5 nitrogen and oxygen atoms in total. The second-order valence-electron chi connectivity index (χ2n) is 16.3. The standard InChI is InChI=1S/C57H37N5/c1-3-15-37(16-4-1)55-58-56(38-17-5-2-6-18-38)60-57(59-55)62-52-26-14-12-24-47(52)50-34-53-49(35-54(50)62)46-23-11-13-25-51(46)61(53)40-30-27-36(28-31-40)39-29-32-45-43-21-8-7-19-41(43)42-20-9-10-22-44(42)48(45)33-39/h1-27,29-30,32-35H,28,31H2. The molecule has 1 aliphatic carbocycles. The maximum atomic E-state index is 5.19. The molecule has 13 rings (SSSR count). The Hall–Kier alpha value is -8.15. The molecule has 0 N–H and O–H groups in total. The van der Waals surface area contributed by atoms with E-state index in [0.717, 1.165) is 45.8 Å². The monoisotopic (exact) mass is 791 g/mol. The minimum atomic E-state index is 0.592. The molecule has 3 aromatic heterocycles. The number of rotatable bonds is 5. The van der Waals surface area contributed by atoms with E-state index in [1.165, 1.54) is 71.0 Å². The zero-order chi connectivity index (χ0) is 40.7. The first kappa shape index (κ1) is 34.7. The van der Waals surface area contributed by atoms with Crippen LogP contribution in [0, 0.1) is 0 Å². The molecule has 5 heteroatoms. The Morgan fingerprint density at radius 3 is 1.32 bits per heavy atom. The Kier molecular flexibility index (Phi) is 7.66. The molecule has 0 saturated heterocycles. The van der Waals surface area contributed by atoms with E-state index in [1.54, 1.807) is 0 Å². The summed E-state index contributed by atoms with van der Waals surface area (Å²) in [7, 11) is 0. The number of allylic oxidation sites excluding steroid dienone is 4. The molecule has 9 aromatic carbocycles. The van der Waals surface area contributed by atoms with Crippen molar-refractivity contribution in [2.45, 2.75) is 12.8 Å². The Morgan fingerprint density at radius 2 is 0.774 bits per heavy atom. The number of aromatic nitrogens is 5. The maximum Gasteiger partial charge on any atom is 0.238 e. The molecule has 12 aromatic rings. The Morgan fingerprint density at radius 1 is 0.306 bits per heavy atom. The molecule has 62 heavy (non-hydrogen) atoms. The maximum absolute atomic E-state index is 5.19. The van der Waals surface area contributed by atoms with Crippen molar-refractivity contribution < 1.29 is 0 Å². The highest BCUT2D eigenvalue weighted by Gasteiger charge is 2.22. The molecule has 1 aliphatic rings. The van der Waals surface area contributed by atoms with Crippen molar-refractivity contribution in [3.8, 4) is 28.7 Å². The van der Waals surface area contributed by atoms with Crippen LogP contribution in [-0.2, 0) is 0 Å². The first-order valence-corrected chi connectivity index (χ1v) is 21.3. The number of benzene rings is 9. The summed E-state index contributed by atoms with van der Waals surface area (Å²) in [5, 5.41) is 12.6. The summed E-state index contributed by atoms with van der Waals surface area (Å²) in [5.74, 6) is 1.87. The summed E-state index contributed by atoms with van der Waals surface area (Å²) in [6, 6.07) is 67.2. The van der Waals surface area contributed by atoms with Crippen molar-refractivity contribution in [1.29, 1.82) is 0 Å². The molecule has 0 unspecified atom stereocenters. The highest BCUT2D eigenvalue weighted by Crippen LogP contribution is 2.42. The van der Waals surface area contributed by atoms with Crippen molar-refractivity contribution in [2.24, 2.45) is 0 Å². The molecule has 0 amide bonds. The summed E-state index contributed by atoms with van der Waals surface area (Å²) < 4.78 is 4.72. The smallest absolute Gasteiger partial charge is 0.238 e. The lowest BCUT2D eigenvalue weighted by molar-refractivity contribution is 0.954. The van der Waals surface area contributed by atoms with Gasteiger partial charge in [-0.3, -0.25) is 4.57 Å². The molecular weight excluding hydrogens is 755 g/mol. The predicted octanol–water partition coefficient (Wildman–Crippen LogP) is 14.6. The zero-order valence-corrected chi connectivity index (χ0v) is 33.7. The van der Waals surface area contributed by atoms with Gasteiger partial charge in [-0.05, 0) is 92.7 Å². The van der Waals surface area contributed by atoms with E-state index >= 15 is 0 Å². The lowest BCUT2D eigenvalue weighted by Crippen LogP contribution is -2.06. The molecular formula is C57H37N5. The second-order valence-corrected chi connectivity index (χ2v) is 16.3. The molecule has 0 bridgehead atoms. The number of hydrogen-bond acceptors (Lipinski definition) is 3. The summed E-state index contributed by atoms with van der Waals surface area (Å²) in [5.41, 5.74) is 10.3. The van der Waals surface area contributed by atoms with Gasteiger partial charge in [0.1, 0.15) is 0 Å². The largest absolute Gasteiger partial charge is 0.313 e. The van der Waals surface area contributed by atoms with Crippen molar-refractivity contribution in [3.05, 3.63) is 206 Å². The lowest BCUT2D eigenvalue weighted by atomic mass is 9.90. The van der Waals surface area contributed by atoms with Gasteiger partial charge in [-0.25, -0.2) is 4.98 Å². The zero-order valence-electron chi connectivity index (χ0n) is 33.7. The van der Waals surface area contributed by atoms with E-state index in [-0.39, 0.29) is 0 Å². The summed E-state index contributed by atoms with van der Waals surface area (Å²) in [6.07, 6.45) is 6.57. The normalized spacial score (nSPS) is 13.2. The molecule has 0 aliphatic heterocycles. The molecule has 0 saturated carbocycles. The minimum absolute atomic E-state index is 0.592. The first-order valence-electron chi connectivity index (χ1n) is 21.3. The van der Waals surface area contributed by atoms with Crippen LogP contribution in [0.2, 0.25) is 0 Å².